The Morgan fingerprint density at radius 3 is 2.54 bits per heavy atom. The number of nitrogens with zero attached hydrogens (tertiary/aromatic N) is 2. The Bertz CT molecular complexity index is 642. The summed E-state index contributed by atoms with van der Waals surface area (Å²) in [4.78, 5) is 39.4. The standard InChI is InChI=1S/C18H23N3O3/c1-4-20(11-13(2)3)16(22)12-21-17(23)15(19-18(21)24)10-14-8-6-5-7-9-14/h5-9,15H,2,4,10-12H2,1,3H3,(H,19,24). The second-order valence-corrected chi connectivity index (χ2v) is 5.98. The van der Waals surface area contributed by atoms with E-state index in [9.17, 15) is 14.4 Å². The molecule has 1 aliphatic rings. The quantitative estimate of drug-likeness (QED) is 0.610. The van der Waals surface area contributed by atoms with Gasteiger partial charge in [0.25, 0.3) is 5.91 Å². The van der Waals surface area contributed by atoms with Gasteiger partial charge >= 0.3 is 6.03 Å². The van der Waals surface area contributed by atoms with Gasteiger partial charge in [0.15, 0.2) is 0 Å². The molecule has 1 aliphatic heterocycles. The third kappa shape index (κ3) is 4.22. The Balaban J connectivity index is 2.01. The number of imide groups is 1. The lowest BCUT2D eigenvalue weighted by Crippen LogP contribution is -2.43. The molecule has 0 spiro atoms. The SMILES string of the molecule is C=C(C)CN(CC)C(=O)CN1C(=O)NC(Cc2ccccc2)C1=O. The van der Waals surface area contributed by atoms with Crippen LogP contribution < -0.4 is 5.32 Å². The van der Waals surface area contributed by atoms with Crippen LogP contribution in [-0.4, -0.2) is 53.3 Å². The van der Waals surface area contributed by atoms with Crippen molar-refractivity contribution in [2.75, 3.05) is 19.6 Å². The first-order valence-corrected chi connectivity index (χ1v) is 8.00. The molecule has 6 nitrogen and oxygen atoms in total. The summed E-state index contributed by atoms with van der Waals surface area (Å²) in [5, 5.41) is 2.65. The Labute approximate surface area is 142 Å². The van der Waals surface area contributed by atoms with Gasteiger partial charge in [-0.05, 0) is 19.4 Å². The molecule has 0 bridgehead atoms. The van der Waals surface area contributed by atoms with Crippen LogP contribution in [0.1, 0.15) is 19.4 Å². The zero-order valence-electron chi connectivity index (χ0n) is 14.1. The maximum absolute atomic E-state index is 12.4. The average molecular weight is 329 g/mol. The smallest absolute Gasteiger partial charge is 0.325 e. The maximum Gasteiger partial charge on any atom is 0.325 e. The first-order valence-electron chi connectivity index (χ1n) is 8.00. The number of carbonyl (C=O) groups excluding carboxylic acids is 3. The highest BCUT2D eigenvalue weighted by Crippen LogP contribution is 2.12. The van der Waals surface area contributed by atoms with Crippen molar-refractivity contribution >= 4 is 17.8 Å². The fraction of sp³-hybridized carbons (Fsp3) is 0.389. The van der Waals surface area contributed by atoms with Gasteiger partial charge in [0.2, 0.25) is 5.91 Å². The molecule has 2 rings (SSSR count). The van der Waals surface area contributed by atoms with Crippen molar-refractivity contribution < 1.29 is 14.4 Å². The molecule has 24 heavy (non-hydrogen) atoms. The molecule has 0 radical (unpaired) electrons. The Morgan fingerprint density at radius 1 is 1.29 bits per heavy atom. The topological polar surface area (TPSA) is 69.7 Å². The second-order valence-electron chi connectivity index (χ2n) is 5.98. The van der Waals surface area contributed by atoms with Crippen LogP contribution in [0.4, 0.5) is 4.79 Å². The van der Waals surface area contributed by atoms with Gasteiger partial charge in [-0.2, -0.15) is 0 Å². The van der Waals surface area contributed by atoms with Crippen molar-refractivity contribution in [2.24, 2.45) is 0 Å². The van der Waals surface area contributed by atoms with E-state index in [2.05, 4.69) is 11.9 Å². The first kappa shape index (κ1) is 17.7. The second kappa shape index (κ2) is 7.77. The van der Waals surface area contributed by atoms with E-state index in [4.69, 9.17) is 0 Å². The third-order valence-corrected chi connectivity index (χ3v) is 3.88. The number of hydrogen-bond acceptors (Lipinski definition) is 3. The van der Waals surface area contributed by atoms with E-state index in [-0.39, 0.29) is 18.4 Å². The Kier molecular flexibility index (Phi) is 5.73. The van der Waals surface area contributed by atoms with Crippen LogP contribution in [0.15, 0.2) is 42.5 Å². The molecule has 1 aromatic rings. The number of urea groups is 1. The van der Waals surface area contributed by atoms with Gasteiger partial charge < -0.3 is 10.2 Å². The fourth-order valence-corrected chi connectivity index (χ4v) is 2.65. The lowest BCUT2D eigenvalue weighted by Gasteiger charge is -2.23. The average Bonchev–Trinajstić information content (AvgIpc) is 2.80. The molecule has 1 saturated heterocycles. The number of carbonyl (C=O) groups is 3. The summed E-state index contributed by atoms with van der Waals surface area (Å²) < 4.78 is 0. The summed E-state index contributed by atoms with van der Waals surface area (Å²) >= 11 is 0. The van der Waals surface area contributed by atoms with Crippen LogP contribution in [0.25, 0.3) is 0 Å². The number of likely N-dealkylation sites (N-methyl/N-ethyl adjacent to an activating group) is 1. The molecule has 128 valence electrons. The maximum atomic E-state index is 12.4. The number of amides is 4. The Morgan fingerprint density at radius 2 is 1.96 bits per heavy atom. The van der Waals surface area contributed by atoms with Crippen LogP contribution in [-0.2, 0) is 16.0 Å². The molecule has 0 aromatic heterocycles. The van der Waals surface area contributed by atoms with Crippen molar-refractivity contribution in [1.82, 2.24) is 15.1 Å². The van der Waals surface area contributed by atoms with Gasteiger partial charge in [0.05, 0.1) is 0 Å². The van der Waals surface area contributed by atoms with Crippen molar-refractivity contribution in [3.05, 3.63) is 48.0 Å². The van der Waals surface area contributed by atoms with E-state index in [1.807, 2.05) is 44.2 Å². The third-order valence-electron chi connectivity index (χ3n) is 3.88. The first-order chi connectivity index (χ1) is 11.4. The minimum atomic E-state index is -0.621. The Hall–Kier alpha value is -2.63. The van der Waals surface area contributed by atoms with Gasteiger partial charge in [0.1, 0.15) is 12.6 Å². The molecule has 1 atom stereocenters. The van der Waals surface area contributed by atoms with E-state index < -0.39 is 12.1 Å². The van der Waals surface area contributed by atoms with Gasteiger partial charge in [-0.3, -0.25) is 14.5 Å². The molecular formula is C18H23N3O3. The van der Waals surface area contributed by atoms with Crippen LogP contribution in [0.2, 0.25) is 0 Å². The number of nitrogens with one attached hydrogen (secondary N) is 1. The molecule has 4 amide bonds. The summed E-state index contributed by atoms with van der Waals surface area (Å²) in [6.07, 6.45) is 0.416. The number of rotatable bonds is 7. The highest BCUT2D eigenvalue weighted by Gasteiger charge is 2.39. The summed E-state index contributed by atoms with van der Waals surface area (Å²) in [7, 11) is 0. The van der Waals surface area contributed by atoms with Crippen molar-refractivity contribution in [1.29, 1.82) is 0 Å². The van der Waals surface area contributed by atoms with Gasteiger partial charge in [0, 0.05) is 19.5 Å². The van der Waals surface area contributed by atoms with E-state index >= 15 is 0 Å². The normalized spacial score (nSPS) is 16.9. The van der Waals surface area contributed by atoms with Gasteiger partial charge in [-0.25, -0.2) is 4.79 Å². The summed E-state index contributed by atoms with van der Waals surface area (Å²) in [6.45, 7) is 8.16. The van der Waals surface area contributed by atoms with Crippen molar-refractivity contribution in [2.45, 2.75) is 26.3 Å². The predicted molar refractivity (Wildman–Crippen MR) is 91.2 cm³/mol. The molecule has 0 aliphatic carbocycles. The van der Waals surface area contributed by atoms with E-state index in [0.29, 0.717) is 19.5 Å². The summed E-state index contributed by atoms with van der Waals surface area (Å²) in [6, 6.07) is 8.33. The van der Waals surface area contributed by atoms with Gasteiger partial charge in [-0.1, -0.05) is 42.5 Å². The number of benzene rings is 1. The highest BCUT2D eigenvalue weighted by molar-refractivity contribution is 6.06. The molecular weight excluding hydrogens is 306 g/mol. The highest BCUT2D eigenvalue weighted by atomic mass is 16.2. The molecule has 1 aromatic carbocycles. The lowest BCUT2D eigenvalue weighted by molar-refractivity contribution is -0.137. The molecule has 1 heterocycles. The molecule has 1 fully saturated rings. The molecule has 6 heteroatoms. The van der Waals surface area contributed by atoms with Crippen LogP contribution in [0.3, 0.4) is 0 Å². The molecule has 0 saturated carbocycles. The van der Waals surface area contributed by atoms with Crippen LogP contribution in [0, 0.1) is 0 Å². The van der Waals surface area contributed by atoms with E-state index in [1.54, 1.807) is 4.90 Å². The monoisotopic (exact) mass is 329 g/mol. The largest absolute Gasteiger partial charge is 0.337 e. The van der Waals surface area contributed by atoms with Gasteiger partial charge in [-0.15, -0.1) is 0 Å². The summed E-state index contributed by atoms with van der Waals surface area (Å²) in [5.41, 5.74) is 1.81. The molecule has 1 N–H and O–H groups in total. The zero-order valence-corrected chi connectivity index (χ0v) is 14.1. The van der Waals surface area contributed by atoms with E-state index in [0.717, 1.165) is 16.0 Å². The van der Waals surface area contributed by atoms with Crippen LogP contribution in [0.5, 0.6) is 0 Å². The van der Waals surface area contributed by atoms with Crippen LogP contribution >= 0.6 is 0 Å². The van der Waals surface area contributed by atoms with Crippen molar-refractivity contribution in [3.8, 4) is 0 Å². The predicted octanol–water partition coefficient (Wildman–Crippen LogP) is 1.57. The minimum Gasteiger partial charge on any atom is -0.337 e. The molecule has 1 unspecified atom stereocenters. The minimum absolute atomic E-state index is 0.239. The number of hydrogen-bond donors (Lipinski definition) is 1. The fourth-order valence-electron chi connectivity index (χ4n) is 2.65. The van der Waals surface area contributed by atoms with E-state index in [1.165, 1.54) is 0 Å². The van der Waals surface area contributed by atoms with Crippen molar-refractivity contribution in [3.63, 3.8) is 0 Å². The zero-order chi connectivity index (χ0) is 17.7. The lowest BCUT2D eigenvalue weighted by atomic mass is 10.1. The summed E-state index contributed by atoms with van der Waals surface area (Å²) in [5.74, 6) is -0.618.